The van der Waals surface area contributed by atoms with Crippen LogP contribution in [0.3, 0.4) is 0 Å². The highest BCUT2D eigenvalue weighted by atomic mass is 35.5. The van der Waals surface area contributed by atoms with E-state index in [2.05, 4.69) is 17.5 Å². The fourth-order valence-corrected chi connectivity index (χ4v) is 4.32. The number of carbonyl (C=O) groups is 1. The Kier molecular flexibility index (Phi) is 3.48. The van der Waals surface area contributed by atoms with Crippen molar-refractivity contribution in [3.05, 3.63) is 39.9 Å². The lowest BCUT2D eigenvalue weighted by molar-refractivity contribution is -0.122. The number of nitrogens with one attached hydrogen (secondary N) is 1. The maximum Gasteiger partial charge on any atom is 0.230 e. The Hall–Kier alpha value is -1.03. The highest BCUT2D eigenvalue weighted by Gasteiger charge is 2.47. The average Bonchev–Trinajstić information content (AvgIpc) is 3.23. The number of rotatable bonds is 1. The fourth-order valence-electron chi connectivity index (χ4n) is 4.00. The van der Waals surface area contributed by atoms with Gasteiger partial charge in [-0.3, -0.25) is 4.79 Å². The second-order valence-electron chi connectivity index (χ2n) is 6.55. The smallest absolute Gasteiger partial charge is 0.230 e. The lowest BCUT2D eigenvalue weighted by Crippen LogP contribution is -2.40. The third-order valence-electron chi connectivity index (χ3n) is 5.23. The molecule has 1 aromatic rings. The molecule has 1 fully saturated rings. The predicted octanol–water partition coefficient (Wildman–Crippen LogP) is 3.54. The Morgan fingerprint density at radius 3 is 2.64 bits per heavy atom. The zero-order chi connectivity index (χ0) is 15.3. The van der Waals surface area contributed by atoms with Crippen molar-refractivity contribution < 1.29 is 4.79 Å². The van der Waals surface area contributed by atoms with Gasteiger partial charge in [-0.2, -0.15) is 0 Å². The summed E-state index contributed by atoms with van der Waals surface area (Å²) in [5.74, 6) is 0.292. The van der Waals surface area contributed by atoms with E-state index < -0.39 is 0 Å². The van der Waals surface area contributed by atoms with Crippen LogP contribution in [-0.4, -0.2) is 25.5 Å². The molecule has 1 spiro atoms. The number of benzene rings is 1. The number of anilines is 1. The van der Waals surface area contributed by atoms with Crippen molar-refractivity contribution in [1.29, 1.82) is 0 Å². The van der Waals surface area contributed by atoms with Crippen LogP contribution in [0.2, 0.25) is 10.0 Å². The van der Waals surface area contributed by atoms with Gasteiger partial charge in [0.05, 0.1) is 10.0 Å². The zero-order valence-electron chi connectivity index (χ0n) is 12.2. The molecule has 0 bridgehead atoms. The lowest BCUT2D eigenvalue weighted by atomic mass is 9.82. The van der Waals surface area contributed by atoms with E-state index in [0.29, 0.717) is 10.0 Å². The van der Waals surface area contributed by atoms with Crippen molar-refractivity contribution in [2.45, 2.75) is 24.7 Å². The van der Waals surface area contributed by atoms with Crippen molar-refractivity contribution in [1.82, 2.24) is 5.32 Å². The van der Waals surface area contributed by atoms with Gasteiger partial charge in [0.1, 0.15) is 0 Å². The second-order valence-corrected chi connectivity index (χ2v) is 7.37. The van der Waals surface area contributed by atoms with Gasteiger partial charge < -0.3 is 10.2 Å². The SMILES string of the molecule is O=C(C1CC=CC1)N1C[C@@]2(CCNC2)c2cc(Cl)c(Cl)cc21. The van der Waals surface area contributed by atoms with E-state index in [1.807, 2.05) is 17.0 Å². The topological polar surface area (TPSA) is 32.3 Å². The number of allylic oxidation sites excluding steroid dienone is 2. The predicted molar refractivity (Wildman–Crippen MR) is 89.8 cm³/mol. The number of amides is 1. The Labute approximate surface area is 140 Å². The standard InChI is InChI=1S/C17H18Cl2N2O/c18-13-7-12-15(8-14(13)19)21(10-17(12)5-6-20-9-17)16(22)11-3-1-2-4-11/h1-2,7-8,11,20H,3-6,9-10H2/t17-/m0/s1. The molecule has 1 aliphatic carbocycles. The molecule has 0 saturated carbocycles. The summed E-state index contributed by atoms with van der Waals surface area (Å²) in [4.78, 5) is 14.9. The molecule has 1 saturated heterocycles. The van der Waals surface area contributed by atoms with Crippen molar-refractivity contribution in [2.75, 3.05) is 24.5 Å². The van der Waals surface area contributed by atoms with Crippen LogP contribution in [0.25, 0.3) is 0 Å². The molecule has 1 atom stereocenters. The van der Waals surface area contributed by atoms with Crippen LogP contribution in [0, 0.1) is 5.92 Å². The molecule has 1 amide bonds. The molecule has 3 nitrogen and oxygen atoms in total. The van der Waals surface area contributed by atoms with Crippen LogP contribution >= 0.6 is 23.2 Å². The Morgan fingerprint density at radius 2 is 1.95 bits per heavy atom. The molecule has 0 radical (unpaired) electrons. The Bertz CT molecular complexity index is 657. The van der Waals surface area contributed by atoms with Gasteiger partial charge in [-0.1, -0.05) is 35.4 Å². The van der Waals surface area contributed by atoms with E-state index in [9.17, 15) is 4.79 Å². The minimum absolute atomic E-state index is 0.00868. The van der Waals surface area contributed by atoms with Gasteiger partial charge in [-0.15, -0.1) is 0 Å². The van der Waals surface area contributed by atoms with Gasteiger partial charge in [0.2, 0.25) is 5.91 Å². The number of carbonyl (C=O) groups excluding carboxylic acids is 1. The van der Waals surface area contributed by atoms with Gasteiger partial charge in [0, 0.05) is 30.1 Å². The molecular formula is C17H18Cl2N2O. The molecule has 116 valence electrons. The molecule has 2 aliphatic heterocycles. The van der Waals surface area contributed by atoms with Crippen molar-refractivity contribution in [3.63, 3.8) is 0 Å². The van der Waals surface area contributed by atoms with E-state index in [1.165, 1.54) is 5.56 Å². The van der Waals surface area contributed by atoms with Crippen molar-refractivity contribution in [3.8, 4) is 0 Å². The van der Waals surface area contributed by atoms with Gasteiger partial charge in [0.15, 0.2) is 0 Å². The maximum atomic E-state index is 12.9. The largest absolute Gasteiger partial charge is 0.316 e. The number of halogens is 2. The first-order chi connectivity index (χ1) is 10.6. The summed E-state index contributed by atoms with van der Waals surface area (Å²) >= 11 is 12.5. The molecule has 1 aromatic carbocycles. The number of hydrogen-bond donors (Lipinski definition) is 1. The van der Waals surface area contributed by atoms with Gasteiger partial charge >= 0.3 is 0 Å². The molecule has 0 aromatic heterocycles. The molecule has 4 rings (SSSR count). The summed E-state index contributed by atoms with van der Waals surface area (Å²) < 4.78 is 0. The highest BCUT2D eigenvalue weighted by Crippen LogP contribution is 2.48. The lowest BCUT2D eigenvalue weighted by Gasteiger charge is -2.25. The van der Waals surface area contributed by atoms with E-state index in [4.69, 9.17) is 23.2 Å². The molecule has 22 heavy (non-hydrogen) atoms. The van der Waals surface area contributed by atoms with E-state index in [-0.39, 0.29) is 17.2 Å². The minimum Gasteiger partial charge on any atom is -0.316 e. The zero-order valence-corrected chi connectivity index (χ0v) is 13.8. The first kappa shape index (κ1) is 14.6. The van der Waals surface area contributed by atoms with Crippen LogP contribution in [0.15, 0.2) is 24.3 Å². The molecule has 2 heterocycles. The summed E-state index contributed by atoms with van der Waals surface area (Å²) in [6.07, 6.45) is 6.92. The molecule has 3 aliphatic rings. The minimum atomic E-state index is -0.00868. The summed E-state index contributed by atoms with van der Waals surface area (Å²) in [6, 6.07) is 3.83. The molecule has 0 unspecified atom stereocenters. The van der Waals surface area contributed by atoms with E-state index >= 15 is 0 Å². The monoisotopic (exact) mass is 336 g/mol. The Balaban J connectivity index is 1.76. The third-order valence-corrected chi connectivity index (χ3v) is 5.95. The highest BCUT2D eigenvalue weighted by molar-refractivity contribution is 6.42. The average molecular weight is 337 g/mol. The first-order valence-electron chi connectivity index (χ1n) is 7.77. The van der Waals surface area contributed by atoms with Crippen LogP contribution in [0.4, 0.5) is 5.69 Å². The quantitative estimate of drug-likeness (QED) is 0.795. The number of nitrogens with zero attached hydrogens (tertiary/aromatic N) is 1. The van der Waals surface area contributed by atoms with Gasteiger partial charge in [0.25, 0.3) is 0 Å². The fraction of sp³-hybridized carbons (Fsp3) is 0.471. The first-order valence-corrected chi connectivity index (χ1v) is 8.53. The number of fused-ring (bicyclic) bond motifs is 2. The van der Waals surface area contributed by atoms with Gasteiger partial charge in [-0.25, -0.2) is 0 Å². The summed E-state index contributed by atoms with van der Waals surface area (Å²) in [5.41, 5.74) is 2.12. The third kappa shape index (κ3) is 2.10. The maximum absolute atomic E-state index is 12.9. The second kappa shape index (κ2) is 5.26. The van der Waals surface area contributed by atoms with E-state index in [1.54, 1.807) is 0 Å². The summed E-state index contributed by atoms with van der Waals surface area (Å²) in [6.45, 7) is 2.61. The van der Waals surface area contributed by atoms with E-state index in [0.717, 1.165) is 44.6 Å². The molecule has 5 heteroatoms. The van der Waals surface area contributed by atoms with Gasteiger partial charge in [-0.05, 0) is 43.5 Å². The molecular weight excluding hydrogens is 319 g/mol. The molecule has 1 N–H and O–H groups in total. The summed E-state index contributed by atoms with van der Waals surface area (Å²) in [7, 11) is 0. The Morgan fingerprint density at radius 1 is 1.23 bits per heavy atom. The van der Waals surface area contributed by atoms with Crippen molar-refractivity contribution >= 4 is 34.8 Å². The van der Waals surface area contributed by atoms with Crippen LogP contribution in [0.5, 0.6) is 0 Å². The van der Waals surface area contributed by atoms with Crippen LogP contribution in [-0.2, 0) is 10.2 Å². The van der Waals surface area contributed by atoms with Crippen molar-refractivity contribution in [2.24, 2.45) is 5.92 Å². The number of hydrogen-bond acceptors (Lipinski definition) is 2. The van der Waals surface area contributed by atoms with Crippen LogP contribution in [0.1, 0.15) is 24.8 Å². The van der Waals surface area contributed by atoms with Crippen LogP contribution < -0.4 is 10.2 Å². The summed E-state index contributed by atoms with van der Waals surface area (Å²) in [5, 5.41) is 4.52. The normalized spacial score (nSPS) is 27.1.